The summed E-state index contributed by atoms with van der Waals surface area (Å²) >= 11 is 0. The van der Waals surface area contributed by atoms with E-state index in [9.17, 15) is 4.79 Å². The van der Waals surface area contributed by atoms with Gasteiger partial charge >= 0.3 is 0 Å². The van der Waals surface area contributed by atoms with Crippen molar-refractivity contribution in [2.45, 2.75) is 38.6 Å². The van der Waals surface area contributed by atoms with Gasteiger partial charge in [-0.15, -0.1) is 0 Å². The first kappa shape index (κ1) is 17.5. The van der Waals surface area contributed by atoms with Crippen LogP contribution < -0.4 is 5.49 Å². The number of nitrogens with zero attached hydrogens (tertiary/aromatic N) is 2. The minimum Gasteiger partial charge on any atom is -0.466 e. The Kier molecular flexibility index (Phi) is 5.05. The Morgan fingerprint density at radius 1 is 1.11 bits per heavy atom. The first-order valence-corrected chi connectivity index (χ1v) is 9.54. The highest BCUT2D eigenvalue weighted by Crippen LogP contribution is 2.47. The lowest BCUT2D eigenvalue weighted by molar-refractivity contribution is -0.118. The molecule has 1 aliphatic carbocycles. The van der Waals surface area contributed by atoms with Crippen molar-refractivity contribution in [3.63, 3.8) is 0 Å². The Hall–Kier alpha value is -2.88. The third kappa shape index (κ3) is 4.45. The van der Waals surface area contributed by atoms with E-state index in [-0.39, 0.29) is 5.91 Å². The highest BCUT2D eigenvalue weighted by Gasteiger charge is 2.36. The van der Waals surface area contributed by atoms with Gasteiger partial charge in [0.05, 0.1) is 0 Å². The number of hydrogen-bond acceptors (Lipinski definition) is 2. The van der Waals surface area contributed by atoms with Crippen LogP contribution >= 0.6 is 0 Å². The average Bonchev–Trinajstić information content (AvgIpc) is 3.23. The van der Waals surface area contributed by atoms with E-state index >= 15 is 0 Å². The fourth-order valence-corrected chi connectivity index (χ4v) is 3.34. The zero-order chi connectivity index (χ0) is 18.6. The average molecular weight is 360 g/mol. The number of hydrogen-bond donors (Lipinski definition) is 0. The molecule has 0 saturated heterocycles. The molecule has 1 saturated carbocycles. The van der Waals surface area contributed by atoms with Crippen molar-refractivity contribution in [2.24, 2.45) is 10.9 Å². The Labute approximate surface area is 159 Å². The second kappa shape index (κ2) is 7.78. The lowest BCUT2D eigenvalue weighted by Crippen LogP contribution is -2.22. The lowest BCUT2D eigenvalue weighted by Gasteiger charge is -2.07. The van der Waals surface area contributed by atoms with Crippen molar-refractivity contribution in [2.75, 3.05) is 0 Å². The minimum absolute atomic E-state index is 0.124. The van der Waals surface area contributed by atoms with E-state index < -0.39 is 0 Å². The van der Waals surface area contributed by atoms with E-state index in [4.69, 9.17) is 4.42 Å². The van der Waals surface area contributed by atoms with Crippen LogP contribution in [-0.2, 0) is 17.8 Å². The Bertz CT molecular complexity index is 985. The molecule has 4 rings (SSSR count). The molecule has 2 aromatic heterocycles. The number of aromatic nitrogens is 1. The first-order chi connectivity index (χ1) is 13.2. The Balaban J connectivity index is 1.42. The number of carbonyl (C=O) groups excluding carboxylic acids is 1. The monoisotopic (exact) mass is 360 g/mol. The molecule has 138 valence electrons. The van der Waals surface area contributed by atoms with Crippen LogP contribution in [0.25, 0.3) is 0 Å². The zero-order valence-electron chi connectivity index (χ0n) is 15.5. The fourth-order valence-electron chi connectivity index (χ4n) is 3.34. The van der Waals surface area contributed by atoms with Crippen LogP contribution in [0.4, 0.5) is 0 Å². The topological polar surface area (TPSA) is 47.5 Å². The molecule has 1 fully saturated rings. The van der Waals surface area contributed by atoms with Crippen molar-refractivity contribution in [3.8, 4) is 0 Å². The van der Waals surface area contributed by atoms with Crippen LogP contribution in [0.5, 0.6) is 0 Å². The van der Waals surface area contributed by atoms with Crippen LogP contribution in [0.3, 0.4) is 0 Å². The van der Waals surface area contributed by atoms with Gasteiger partial charge in [-0.2, -0.15) is 4.99 Å². The fraction of sp³-hybridized carbons (Fsp3) is 0.304. The van der Waals surface area contributed by atoms with Crippen LogP contribution in [-0.4, -0.2) is 10.5 Å². The summed E-state index contributed by atoms with van der Waals surface area (Å²) in [6.07, 6.45) is 4.10. The molecule has 0 aliphatic heterocycles. The maximum atomic E-state index is 12.4. The summed E-state index contributed by atoms with van der Waals surface area (Å²) in [6, 6.07) is 19.9. The van der Waals surface area contributed by atoms with E-state index in [1.165, 1.54) is 12.0 Å². The van der Waals surface area contributed by atoms with Crippen molar-refractivity contribution in [1.82, 2.24) is 4.57 Å². The summed E-state index contributed by atoms with van der Waals surface area (Å²) in [5.41, 5.74) is 1.85. The number of benzene rings is 1. The predicted octanol–water partition coefficient (Wildman–Crippen LogP) is 4.31. The van der Waals surface area contributed by atoms with Crippen molar-refractivity contribution in [3.05, 3.63) is 89.4 Å². The standard InChI is InChI=1S/C23H24N2O2/c1-17-15-20(17)21-12-10-19(27-21)11-13-23(26)24-22-9-5-6-14-25(22)16-18-7-3-2-4-8-18/h2-10,12,14,17,20H,11,13,15-16H2,1H3. The molecule has 4 heteroatoms. The number of carbonyl (C=O) groups is 1. The highest BCUT2D eigenvalue weighted by molar-refractivity contribution is 5.77. The van der Waals surface area contributed by atoms with Gasteiger partial charge in [-0.05, 0) is 42.2 Å². The normalized spacial score (nSPS) is 19.2. The maximum absolute atomic E-state index is 12.4. The third-order valence-electron chi connectivity index (χ3n) is 5.09. The maximum Gasteiger partial charge on any atom is 0.248 e. The molecule has 2 atom stereocenters. The summed E-state index contributed by atoms with van der Waals surface area (Å²) < 4.78 is 7.88. The quantitative estimate of drug-likeness (QED) is 0.657. The van der Waals surface area contributed by atoms with Crippen LogP contribution in [0.2, 0.25) is 0 Å². The molecule has 1 aliphatic rings. The second-order valence-electron chi connectivity index (χ2n) is 7.30. The molecule has 27 heavy (non-hydrogen) atoms. The number of aryl methyl sites for hydroxylation is 1. The van der Waals surface area contributed by atoms with Gasteiger partial charge in [-0.3, -0.25) is 4.79 Å². The molecule has 2 unspecified atom stereocenters. The molecule has 1 aromatic carbocycles. The van der Waals surface area contributed by atoms with Crippen molar-refractivity contribution in [1.29, 1.82) is 0 Å². The molecular weight excluding hydrogens is 336 g/mol. The Morgan fingerprint density at radius 3 is 2.67 bits per heavy atom. The highest BCUT2D eigenvalue weighted by atomic mass is 16.3. The number of furan rings is 1. The van der Waals surface area contributed by atoms with Crippen LogP contribution in [0, 0.1) is 5.92 Å². The molecule has 0 spiro atoms. The predicted molar refractivity (Wildman–Crippen MR) is 104 cm³/mol. The smallest absolute Gasteiger partial charge is 0.248 e. The SMILES string of the molecule is CC1CC1c1ccc(CCC(=O)N=c2ccccn2Cc2ccccc2)o1. The van der Waals surface area contributed by atoms with E-state index in [0.29, 0.717) is 30.8 Å². The zero-order valence-corrected chi connectivity index (χ0v) is 15.5. The van der Waals surface area contributed by atoms with Crippen molar-refractivity contribution < 1.29 is 9.21 Å². The van der Waals surface area contributed by atoms with Gasteiger partial charge in [0.15, 0.2) is 0 Å². The van der Waals surface area contributed by atoms with Gasteiger partial charge in [0.2, 0.25) is 5.91 Å². The Morgan fingerprint density at radius 2 is 1.89 bits per heavy atom. The van der Waals surface area contributed by atoms with Crippen LogP contribution in [0.1, 0.15) is 42.8 Å². The first-order valence-electron chi connectivity index (χ1n) is 9.54. The summed E-state index contributed by atoms with van der Waals surface area (Å²) in [5, 5.41) is 0. The second-order valence-corrected chi connectivity index (χ2v) is 7.30. The molecule has 1 amide bonds. The van der Waals surface area contributed by atoms with E-state index in [1.807, 2.05) is 53.2 Å². The largest absolute Gasteiger partial charge is 0.466 e. The van der Waals surface area contributed by atoms with E-state index in [2.05, 4.69) is 30.1 Å². The summed E-state index contributed by atoms with van der Waals surface area (Å²) in [4.78, 5) is 16.7. The summed E-state index contributed by atoms with van der Waals surface area (Å²) in [5.74, 6) is 3.10. The molecular formula is C23H24N2O2. The van der Waals surface area contributed by atoms with Crippen molar-refractivity contribution >= 4 is 5.91 Å². The number of pyridine rings is 1. The van der Waals surface area contributed by atoms with Gasteiger partial charge in [-0.1, -0.05) is 43.3 Å². The minimum atomic E-state index is -0.124. The lowest BCUT2D eigenvalue weighted by atomic mass is 10.2. The molecule has 4 nitrogen and oxygen atoms in total. The van der Waals surface area contributed by atoms with E-state index in [1.54, 1.807) is 0 Å². The number of rotatable bonds is 6. The number of amides is 1. The van der Waals surface area contributed by atoms with Gasteiger partial charge < -0.3 is 8.98 Å². The molecule has 0 N–H and O–H groups in total. The molecule has 0 bridgehead atoms. The van der Waals surface area contributed by atoms with Crippen LogP contribution in [0.15, 0.2) is 76.3 Å². The van der Waals surface area contributed by atoms with Gasteiger partial charge in [0, 0.05) is 31.5 Å². The summed E-state index contributed by atoms with van der Waals surface area (Å²) in [7, 11) is 0. The van der Waals surface area contributed by atoms with Gasteiger partial charge in [0.1, 0.15) is 17.0 Å². The molecule has 3 aromatic rings. The molecule has 0 radical (unpaired) electrons. The summed E-state index contributed by atoms with van der Waals surface area (Å²) in [6.45, 7) is 2.93. The van der Waals surface area contributed by atoms with E-state index in [0.717, 1.165) is 17.4 Å². The van der Waals surface area contributed by atoms with Gasteiger partial charge in [0.25, 0.3) is 0 Å². The molecule has 2 heterocycles. The third-order valence-corrected chi connectivity index (χ3v) is 5.09. The van der Waals surface area contributed by atoms with Gasteiger partial charge in [-0.25, -0.2) is 0 Å².